The molecule has 0 bridgehead atoms. The van der Waals surface area contributed by atoms with Gasteiger partial charge in [0.2, 0.25) is 0 Å². The number of aromatic nitrogens is 2. The van der Waals surface area contributed by atoms with Crippen molar-refractivity contribution >= 4 is 11.0 Å². The molecule has 0 amide bonds. The van der Waals surface area contributed by atoms with Crippen molar-refractivity contribution in [3.63, 3.8) is 0 Å². The minimum atomic E-state index is 0.341. The predicted octanol–water partition coefficient (Wildman–Crippen LogP) is 2.43. The molecule has 1 saturated carbocycles. The maximum atomic E-state index is 5.76. The molecule has 2 aromatic rings. The maximum absolute atomic E-state index is 5.76. The lowest BCUT2D eigenvalue weighted by Crippen LogP contribution is -2.14. The van der Waals surface area contributed by atoms with Gasteiger partial charge in [-0.2, -0.15) is 0 Å². The van der Waals surface area contributed by atoms with Crippen LogP contribution in [0.2, 0.25) is 0 Å². The van der Waals surface area contributed by atoms with Crippen molar-refractivity contribution in [2.45, 2.75) is 31.7 Å². The van der Waals surface area contributed by atoms with E-state index >= 15 is 0 Å². The van der Waals surface area contributed by atoms with Crippen LogP contribution in [0.5, 0.6) is 0 Å². The molecular weight excluding hydrogens is 198 g/mol. The van der Waals surface area contributed by atoms with E-state index in [9.17, 15) is 0 Å². The fourth-order valence-corrected chi connectivity index (χ4v) is 2.23. The van der Waals surface area contributed by atoms with Gasteiger partial charge < -0.3 is 10.3 Å². The van der Waals surface area contributed by atoms with Crippen LogP contribution in [-0.4, -0.2) is 16.1 Å². The summed E-state index contributed by atoms with van der Waals surface area (Å²) in [6.07, 6.45) is 2.56. The molecule has 1 aromatic carbocycles. The molecule has 1 fully saturated rings. The maximum Gasteiger partial charge on any atom is 0.114 e. The Hall–Kier alpha value is -1.35. The lowest BCUT2D eigenvalue weighted by Gasteiger charge is -2.11. The Labute approximate surface area is 95.3 Å². The van der Waals surface area contributed by atoms with Crippen molar-refractivity contribution < 1.29 is 0 Å². The Bertz CT molecular complexity index is 511. The molecule has 1 atom stereocenters. The van der Waals surface area contributed by atoms with Crippen molar-refractivity contribution in [1.82, 2.24) is 9.55 Å². The van der Waals surface area contributed by atoms with Crippen LogP contribution in [0.4, 0.5) is 0 Å². The van der Waals surface area contributed by atoms with Crippen LogP contribution in [0.1, 0.15) is 37.5 Å². The van der Waals surface area contributed by atoms with Crippen LogP contribution < -0.4 is 5.73 Å². The SMILES string of the molecule is CC(CN)c1nc2ccccc2n1C1CC1. The molecule has 0 radical (unpaired) electrons. The normalized spacial score (nSPS) is 17.9. The van der Waals surface area contributed by atoms with Gasteiger partial charge in [-0.25, -0.2) is 4.98 Å². The second kappa shape index (κ2) is 3.59. The smallest absolute Gasteiger partial charge is 0.114 e. The van der Waals surface area contributed by atoms with E-state index in [1.165, 1.54) is 18.4 Å². The van der Waals surface area contributed by atoms with Gasteiger partial charge in [0.05, 0.1) is 11.0 Å². The van der Waals surface area contributed by atoms with Crippen LogP contribution in [0.15, 0.2) is 24.3 Å². The summed E-state index contributed by atoms with van der Waals surface area (Å²) in [5.41, 5.74) is 8.13. The molecular formula is C13H17N3. The zero-order valence-corrected chi connectivity index (χ0v) is 9.56. The second-order valence-corrected chi connectivity index (χ2v) is 4.70. The number of para-hydroxylation sites is 2. The number of hydrogen-bond acceptors (Lipinski definition) is 2. The summed E-state index contributed by atoms with van der Waals surface area (Å²) in [5, 5.41) is 0. The lowest BCUT2D eigenvalue weighted by molar-refractivity contribution is 0.629. The van der Waals surface area contributed by atoms with E-state index in [2.05, 4.69) is 29.7 Å². The first-order chi connectivity index (χ1) is 7.81. The highest BCUT2D eigenvalue weighted by Gasteiger charge is 2.29. The number of rotatable bonds is 3. The Morgan fingerprint density at radius 1 is 1.44 bits per heavy atom. The van der Waals surface area contributed by atoms with Crippen molar-refractivity contribution in [2.24, 2.45) is 5.73 Å². The van der Waals surface area contributed by atoms with Crippen LogP contribution in [0.3, 0.4) is 0 Å². The molecule has 1 aliphatic rings. The predicted molar refractivity (Wildman–Crippen MR) is 65.5 cm³/mol. The third-order valence-corrected chi connectivity index (χ3v) is 3.33. The largest absolute Gasteiger partial charge is 0.330 e. The van der Waals surface area contributed by atoms with E-state index in [1.807, 2.05) is 6.07 Å². The van der Waals surface area contributed by atoms with Crippen LogP contribution in [0, 0.1) is 0 Å². The highest BCUT2D eigenvalue weighted by atomic mass is 15.1. The Morgan fingerprint density at radius 3 is 2.88 bits per heavy atom. The molecule has 1 aliphatic carbocycles. The van der Waals surface area contributed by atoms with E-state index < -0.39 is 0 Å². The summed E-state index contributed by atoms with van der Waals surface area (Å²) in [7, 11) is 0. The molecule has 16 heavy (non-hydrogen) atoms. The summed E-state index contributed by atoms with van der Waals surface area (Å²) in [4.78, 5) is 4.73. The Balaban J connectivity index is 2.22. The zero-order chi connectivity index (χ0) is 11.1. The molecule has 3 rings (SSSR count). The third kappa shape index (κ3) is 1.43. The number of fused-ring (bicyclic) bond motifs is 1. The summed E-state index contributed by atoms with van der Waals surface area (Å²) < 4.78 is 2.40. The molecule has 1 aromatic heterocycles. The molecule has 0 saturated heterocycles. The molecule has 1 heterocycles. The van der Waals surface area contributed by atoms with Crippen molar-refractivity contribution in [1.29, 1.82) is 0 Å². The number of nitrogens with zero attached hydrogens (tertiary/aromatic N) is 2. The minimum absolute atomic E-state index is 0.341. The highest BCUT2D eigenvalue weighted by Crippen LogP contribution is 2.39. The van der Waals surface area contributed by atoms with Gasteiger partial charge in [-0.3, -0.25) is 0 Å². The monoisotopic (exact) mass is 215 g/mol. The zero-order valence-electron chi connectivity index (χ0n) is 9.56. The average Bonchev–Trinajstić information content (AvgIpc) is 3.08. The van der Waals surface area contributed by atoms with Crippen molar-refractivity contribution in [2.75, 3.05) is 6.54 Å². The minimum Gasteiger partial charge on any atom is -0.330 e. The van der Waals surface area contributed by atoms with Crippen molar-refractivity contribution in [3.05, 3.63) is 30.1 Å². The molecule has 3 nitrogen and oxygen atoms in total. The highest BCUT2D eigenvalue weighted by molar-refractivity contribution is 5.76. The first kappa shape index (κ1) is 9.85. The van der Waals surface area contributed by atoms with Gasteiger partial charge in [0.1, 0.15) is 5.82 Å². The summed E-state index contributed by atoms with van der Waals surface area (Å²) in [6, 6.07) is 9.04. The summed E-state index contributed by atoms with van der Waals surface area (Å²) >= 11 is 0. The van der Waals surface area contributed by atoms with Gasteiger partial charge >= 0.3 is 0 Å². The number of hydrogen-bond donors (Lipinski definition) is 1. The first-order valence-electron chi connectivity index (χ1n) is 5.98. The van der Waals surface area contributed by atoms with E-state index in [1.54, 1.807) is 0 Å². The number of nitrogens with two attached hydrogens (primary N) is 1. The van der Waals surface area contributed by atoms with Gasteiger partial charge in [0, 0.05) is 18.5 Å². The topological polar surface area (TPSA) is 43.8 Å². The van der Waals surface area contributed by atoms with Gasteiger partial charge in [-0.15, -0.1) is 0 Å². The van der Waals surface area contributed by atoms with Crippen molar-refractivity contribution in [3.8, 4) is 0 Å². The molecule has 1 unspecified atom stereocenters. The summed E-state index contributed by atoms with van der Waals surface area (Å²) in [5.74, 6) is 1.50. The van der Waals surface area contributed by atoms with E-state index in [0.29, 0.717) is 18.5 Å². The Morgan fingerprint density at radius 2 is 2.19 bits per heavy atom. The Kier molecular flexibility index (Phi) is 2.21. The fraction of sp³-hybridized carbons (Fsp3) is 0.462. The fourth-order valence-electron chi connectivity index (χ4n) is 2.23. The van der Waals surface area contributed by atoms with Crippen LogP contribution in [-0.2, 0) is 0 Å². The molecule has 84 valence electrons. The third-order valence-electron chi connectivity index (χ3n) is 3.33. The summed E-state index contributed by atoms with van der Waals surface area (Å²) in [6.45, 7) is 2.82. The van der Waals surface area contributed by atoms with Gasteiger partial charge in [-0.1, -0.05) is 19.1 Å². The standard InChI is InChI=1S/C13H17N3/c1-9(8-14)13-15-11-4-2-3-5-12(11)16(13)10-6-7-10/h2-5,9-10H,6-8,14H2,1H3. The molecule has 0 aliphatic heterocycles. The van der Waals surface area contributed by atoms with Gasteiger partial charge in [0.25, 0.3) is 0 Å². The number of imidazole rings is 1. The van der Waals surface area contributed by atoms with E-state index in [4.69, 9.17) is 10.7 Å². The second-order valence-electron chi connectivity index (χ2n) is 4.70. The molecule has 2 N–H and O–H groups in total. The van der Waals surface area contributed by atoms with Crippen LogP contribution >= 0.6 is 0 Å². The van der Waals surface area contributed by atoms with Gasteiger partial charge in [-0.05, 0) is 25.0 Å². The number of benzene rings is 1. The quantitative estimate of drug-likeness (QED) is 0.854. The van der Waals surface area contributed by atoms with Crippen LogP contribution in [0.25, 0.3) is 11.0 Å². The average molecular weight is 215 g/mol. The lowest BCUT2D eigenvalue weighted by atomic mass is 10.1. The van der Waals surface area contributed by atoms with E-state index in [-0.39, 0.29) is 0 Å². The first-order valence-corrected chi connectivity index (χ1v) is 5.98. The van der Waals surface area contributed by atoms with Gasteiger partial charge in [0.15, 0.2) is 0 Å². The van der Waals surface area contributed by atoms with E-state index in [0.717, 1.165) is 11.3 Å². The molecule has 0 spiro atoms. The molecule has 3 heteroatoms.